The average Bonchev–Trinajstić information content (AvgIpc) is 2.72. The summed E-state index contributed by atoms with van der Waals surface area (Å²) in [4.78, 5) is 38.7. The van der Waals surface area contributed by atoms with Gasteiger partial charge in [0.25, 0.3) is 11.8 Å². The summed E-state index contributed by atoms with van der Waals surface area (Å²) >= 11 is 9.61. The summed E-state index contributed by atoms with van der Waals surface area (Å²) in [5, 5.41) is 2.60. The van der Waals surface area contributed by atoms with Crippen LogP contribution in [0.5, 0.6) is 0 Å². The summed E-state index contributed by atoms with van der Waals surface area (Å²) < 4.78 is 0.863. The van der Waals surface area contributed by atoms with E-state index in [1.54, 1.807) is 18.2 Å². The van der Waals surface area contributed by atoms with Gasteiger partial charge in [-0.2, -0.15) is 0 Å². The first kappa shape index (κ1) is 23.0. The second kappa shape index (κ2) is 9.33. The highest BCUT2D eigenvalue weighted by atomic mass is 79.9. The van der Waals surface area contributed by atoms with Gasteiger partial charge in [-0.3, -0.25) is 14.9 Å². The molecular weight excluding hydrogens is 504 g/mol. The molecule has 5 nitrogen and oxygen atoms in total. The van der Waals surface area contributed by atoms with Gasteiger partial charge in [-0.25, -0.2) is 9.69 Å². The Hall–Kier alpha value is -3.22. The van der Waals surface area contributed by atoms with Crippen LogP contribution in [0.2, 0.25) is 5.02 Å². The van der Waals surface area contributed by atoms with Crippen LogP contribution in [0, 0.1) is 13.8 Å². The van der Waals surface area contributed by atoms with E-state index in [9.17, 15) is 14.4 Å². The Kier molecular flexibility index (Phi) is 6.49. The molecule has 0 radical (unpaired) electrons. The average molecular weight is 524 g/mol. The number of barbiturate groups is 1. The zero-order valence-electron chi connectivity index (χ0n) is 18.0. The molecule has 1 saturated heterocycles. The van der Waals surface area contributed by atoms with Crippen molar-refractivity contribution in [1.29, 1.82) is 0 Å². The summed E-state index contributed by atoms with van der Waals surface area (Å²) in [6, 6.07) is 17.6. The molecule has 3 aromatic carbocycles. The van der Waals surface area contributed by atoms with Crippen molar-refractivity contribution in [1.82, 2.24) is 5.32 Å². The first-order valence-corrected chi connectivity index (χ1v) is 11.4. The molecule has 0 aliphatic carbocycles. The zero-order valence-corrected chi connectivity index (χ0v) is 20.3. The van der Waals surface area contributed by atoms with E-state index in [0.717, 1.165) is 21.4 Å². The SMILES string of the molecule is Cc1cc(C)cc(Cc2ccc(/C=C3\C(=O)NC(=O)N(c4cccc(Cl)c4)C3=O)cc2Br)c1. The number of rotatable bonds is 4. The third-order valence-electron chi connectivity index (χ3n) is 5.23. The minimum absolute atomic E-state index is 0.136. The minimum atomic E-state index is -0.811. The van der Waals surface area contributed by atoms with E-state index in [4.69, 9.17) is 11.6 Å². The monoisotopic (exact) mass is 522 g/mol. The molecule has 1 aliphatic heterocycles. The van der Waals surface area contributed by atoms with Crippen LogP contribution in [0.15, 0.2) is 70.7 Å². The van der Waals surface area contributed by atoms with Crippen LogP contribution in [0.3, 0.4) is 0 Å². The fourth-order valence-electron chi connectivity index (χ4n) is 3.86. The van der Waals surface area contributed by atoms with E-state index in [0.29, 0.717) is 10.6 Å². The van der Waals surface area contributed by atoms with E-state index in [-0.39, 0.29) is 11.3 Å². The van der Waals surface area contributed by atoms with Crippen molar-refractivity contribution < 1.29 is 14.4 Å². The number of hydrogen-bond acceptors (Lipinski definition) is 3. The highest BCUT2D eigenvalue weighted by Gasteiger charge is 2.36. The Morgan fingerprint density at radius 3 is 2.36 bits per heavy atom. The standard InChI is InChI=1S/C26H20BrClN2O3/c1-15-8-16(2)10-18(9-15)11-19-7-6-17(13-23(19)27)12-22-24(31)29-26(33)30(25(22)32)21-5-3-4-20(28)14-21/h3-10,12-14H,11H2,1-2H3,(H,29,31,33)/b22-12+. The van der Waals surface area contributed by atoms with Crippen LogP contribution in [-0.4, -0.2) is 17.8 Å². The Balaban J connectivity index is 1.63. The van der Waals surface area contributed by atoms with Gasteiger partial charge in [0.2, 0.25) is 0 Å². The lowest BCUT2D eigenvalue weighted by Crippen LogP contribution is -2.54. The Labute approximate surface area is 205 Å². The third-order valence-corrected chi connectivity index (χ3v) is 6.21. The topological polar surface area (TPSA) is 66.5 Å². The van der Waals surface area contributed by atoms with E-state index in [1.807, 2.05) is 18.2 Å². The maximum atomic E-state index is 13.0. The second-order valence-electron chi connectivity index (χ2n) is 7.96. The first-order chi connectivity index (χ1) is 15.7. The summed E-state index contributed by atoms with van der Waals surface area (Å²) in [7, 11) is 0. The molecule has 0 bridgehead atoms. The van der Waals surface area contributed by atoms with Crippen molar-refractivity contribution >= 4 is 57.1 Å². The summed E-state index contributed by atoms with van der Waals surface area (Å²) in [6.45, 7) is 4.15. The molecule has 4 rings (SSSR count). The van der Waals surface area contributed by atoms with Crippen molar-refractivity contribution in [2.75, 3.05) is 4.90 Å². The number of halogens is 2. The largest absolute Gasteiger partial charge is 0.335 e. The molecule has 4 amide bonds. The molecule has 0 saturated carbocycles. The number of carbonyl (C=O) groups is 3. The molecule has 0 spiro atoms. The lowest BCUT2D eigenvalue weighted by Gasteiger charge is -2.26. The summed E-state index contributed by atoms with van der Waals surface area (Å²) in [6.07, 6.45) is 2.23. The Morgan fingerprint density at radius 1 is 0.970 bits per heavy atom. The van der Waals surface area contributed by atoms with Gasteiger partial charge in [0.1, 0.15) is 5.57 Å². The van der Waals surface area contributed by atoms with E-state index in [2.05, 4.69) is 53.3 Å². The van der Waals surface area contributed by atoms with Gasteiger partial charge in [0.15, 0.2) is 0 Å². The van der Waals surface area contributed by atoms with Crippen LogP contribution in [0.25, 0.3) is 6.08 Å². The van der Waals surface area contributed by atoms with E-state index in [1.165, 1.54) is 28.8 Å². The zero-order chi connectivity index (χ0) is 23.7. The van der Waals surface area contributed by atoms with Gasteiger partial charge in [-0.05, 0) is 67.3 Å². The number of nitrogens with one attached hydrogen (secondary N) is 1. The summed E-state index contributed by atoms with van der Waals surface area (Å²) in [5.74, 6) is -1.44. The number of carbonyl (C=O) groups excluding carboxylic acids is 3. The number of aryl methyl sites for hydroxylation is 2. The van der Waals surface area contributed by atoms with Gasteiger partial charge >= 0.3 is 6.03 Å². The third kappa shape index (κ3) is 5.07. The fourth-order valence-corrected chi connectivity index (χ4v) is 4.58. The van der Waals surface area contributed by atoms with Gasteiger partial charge in [-0.1, -0.05) is 75.1 Å². The number of nitrogens with zero attached hydrogens (tertiary/aromatic N) is 1. The molecular formula is C26H20BrClN2O3. The van der Waals surface area contributed by atoms with Crippen LogP contribution >= 0.6 is 27.5 Å². The van der Waals surface area contributed by atoms with Crippen LogP contribution in [-0.2, 0) is 16.0 Å². The number of amides is 4. The lowest BCUT2D eigenvalue weighted by atomic mass is 9.99. The molecule has 3 aromatic rings. The van der Waals surface area contributed by atoms with Crippen LogP contribution in [0.1, 0.15) is 27.8 Å². The van der Waals surface area contributed by atoms with Crippen molar-refractivity contribution in [2.45, 2.75) is 20.3 Å². The number of imide groups is 2. The van der Waals surface area contributed by atoms with Crippen molar-refractivity contribution in [3.8, 4) is 0 Å². The fraction of sp³-hybridized carbons (Fsp3) is 0.115. The van der Waals surface area contributed by atoms with Crippen molar-refractivity contribution in [3.05, 3.63) is 104 Å². The Morgan fingerprint density at radius 2 is 1.70 bits per heavy atom. The van der Waals surface area contributed by atoms with E-state index >= 15 is 0 Å². The maximum absolute atomic E-state index is 13.0. The molecule has 1 fully saturated rings. The quantitative estimate of drug-likeness (QED) is 0.338. The highest BCUT2D eigenvalue weighted by Crippen LogP contribution is 2.27. The predicted molar refractivity (Wildman–Crippen MR) is 133 cm³/mol. The normalized spacial score (nSPS) is 15.2. The minimum Gasteiger partial charge on any atom is -0.273 e. The molecule has 7 heteroatoms. The van der Waals surface area contributed by atoms with Crippen molar-refractivity contribution in [2.24, 2.45) is 0 Å². The molecule has 1 heterocycles. The van der Waals surface area contributed by atoms with Gasteiger partial charge in [0, 0.05) is 9.50 Å². The maximum Gasteiger partial charge on any atom is 0.335 e. The second-order valence-corrected chi connectivity index (χ2v) is 9.25. The number of anilines is 1. The number of benzene rings is 3. The van der Waals surface area contributed by atoms with Crippen LogP contribution < -0.4 is 10.2 Å². The van der Waals surface area contributed by atoms with Crippen LogP contribution in [0.4, 0.5) is 10.5 Å². The molecule has 33 heavy (non-hydrogen) atoms. The predicted octanol–water partition coefficient (Wildman–Crippen LogP) is 5.98. The molecule has 1 N–H and O–H groups in total. The molecule has 0 aromatic heterocycles. The number of hydrogen-bond donors (Lipinski definition) is 1. The summed E-state index contributed by atoms with van der Waals surface area (Å²) in [5.41, 5.74) is 5.52. The molecule has 0 atom stereocenters. The lowest BCUT2D eigenvalue weighted by molar-refractivity contribution is -0.122. The van der Waals surface area contributed by atoms with E-state index < -0.39 is 17.8 Å². The highest BCUT2D eigenvalue weighted by molar-refractivity contribution is 9.10. The number of urea groups is 1. The Bertz CT molecular complexity index is 1310. The van der Waals surface area contributed by atoms with Gasteiger partial charge in [0.05, 0.1) is 5.69 Å². The molecule has 1 aliphatic rings. The molecule has 166 valence electrons. The van der Waals surface area contributed by atoms with Gasteiger partial charge in [-0.15, -0.1) is 0 Å². The first-order valence-electron chi connectivity index (χ1n) is 10.2. The van der Waals surface area contributed by atoms with Crippen molar-refractivity contribution in [3.63, 3.8) is 0 Å². The van der Waals surface area contributed by atoms with Gasteiger partial charge < -0.3 is 0 Å². The smallest absolute Gasteiger partial charge is 0.273 e. The molecule has 0 unspecified atom stereocenters.